The summed E-state index contributed by atoms with van der Waals surface area (Å²) in [5, 5.41) is 3.02. The largest absolute Gasteiger partial charge is 0.322 e. The zero-order valence-corrected chi connectivity index (χ0v) is 13.5. The molecule has 110 valence electrons. The molecule has 2 rings (SSSR count). The third-order valence-corrected chi connectivity index (χ3v) is 3.98. The Bertz CT molecular complexity index is 605. The number of amides is 1. The summed E-state index contributed by atoms with van der Waals surface area (Å²) in [5.74, 6) is 1.29. The lowest BCUT2D eigenvalue weighted by atomic mass is 10.0. The Morgan fingerprint density at radius 2 is 1.76 bits per heavy atom. The first kappa shape index (κ1) is 15.6. The van der Waals surface area contributed by atoms with Crippen molar-refractivity contribution < 1.29 is 4.79 Å². The molecule has 0 aliphatic rings. The van der Waals surface area contributed by atoms with Gasteiger partial charge in [0.2, 0.25) is 0 Å². The van der Waals surface area contributed by atoms with Crippen molar-refractivity contribution in [3.8, 4) is 0 Å². The van der Waals surface area contributed by atoms with Crippen LogP contribution in [0.15, 0.2) is 48.5 Å². The molecular weight excluding hydrogens is 278 g/mol. The third kappa shape index (κ3) is 4.11. The zero-order chi connectivity index (χ0) is 15.2. The first-order valence-corrected chi connectivity index (χ1v) is 8.49. The van der Waals surface area contributed by atoms with Crippen LogP contribution in [0.25, 0.3) is 0 Å². The lowest BCUT2D eigenvalue weighted by molar-refractivity contribution is 0.102. The van der Waals surface area contributed by atoms with E-state index in [1.165, 1.54) is 5.56 Å². The van der Waals surface area contributed by atoms with Gasteiger partial charge in [0.15, 0.2) is 0 Å². The molecule has 0 aliphatic carbocycles. The van der Waals surface area contributed by atoms with Crippen LogP contribution in [0.4, 0.5) is 5.69 Å². The average molecular weight is 299 g/mol. The van der Waals surface area contributed by atoms with E-state index in [0.717, 1.165) is 17.0 Å². The van der Waals surface area contributed by atoms with Crippen LogP contribution in [0.5, 0.6) is 0 Å². The second kappa shape index (κ2) is 7.32. The highest BCUT2D eigenvalue weighted by molar-refractivity contribution is 7.97. The molecule has 0 spiro atoms. The number of para-hydroxylation sites is 1. The van der Waals surface area contributed by atoms with E-state index < -0.39 is 0 Å². The molecule has 0 heterocycles. The van der Waals surface area contributed by atoms with Gasteiger partial charge >= 0.3 is 0 Å². The monoisotopic (exact) mass is 299 g/mol. The maximum absolute atomic E-state index is 12.3. The molecule has 2 nitrogen and oxygen atoms in total. The van der Waals surface area contributed by atoms with Gasteiger partial charge < -0.3 is 5.32 Å². The molecule has 0 aromatic heterocycles. The highest BCUT2D eigenvalue weighted by atomic mass is 32.2. The van der Waals surface area contributed by atoms with Gasteiger partial charge in [0.25, 0.3) is 5.91 Å². The zero-order valence-electron chi connectivity index (χ0n) is 12.7. The van der Waals surface area contributed by atoms with Gasteiger partial charge in [0.05, 0.1) is 0 Å². The van der Waals surface area contributed by atoms with E-state index in [9.17, 15) is 4.79 Å². The first-order chi connectivity index (χ1) is 10.1. The molecule has 3 heteroatoms. The van der Waals surface area contributed by atoms with Gasteiger partial charge in [-0.05, 0) is 41.5 Å². The van der Waals surface area contributed by atoms with E-state index in [-0.39, 0.29) is 5.91 Å². The maximum atomic E-state index is 12.3. The van der Waals surface area contributed by atoms with Crippen LogP contribution in [-0.4, -0.2) is 12.2 Å². The Balaban J connectivity index is 2.14. The number of carbonyl (C=O) groups excluding carboxylic acids is 1. The predicted molar refractivity (Wildman–Crippen MR) is 92.1 cm³/mol. The van der Waals surface area contributed by atoms with Crippen molar-refractivity contribution in [2.75, 3.05) is 11.6 Å². The highest BCUT2D eigenvalue weighted by Crippen LogP contribution is 2.24. The van der Waals surface area contributed by atoms with Gasteiger partial charge in [-0.1, -0.05) is 44.2 Å². The molecule has 0 saturated heterocycles. The normalized spacial score (nSPS) is 10.7. The van der Waals surface area contributed by atoms with Crippen molar-refractivity contribution in [3.05, 3.63) is 65.2 Å². The highest BCUT2D eigenvalue weighted by Gasteiger charge is 2.10. The van der Waals surface area contributed by atoms with Crippen molar-refractivity contribution in [3.63, 3.8) is 0 Å². The van der Waals surface area contributed by atoms with Gasteiger partial charge in [-0.3, -0.25) is 4.79 Å². The topological polar surface area (TPSA) is 29.1 Å². The number of thioether (sulfide) groups is 1. The quantitative estimate of drug-likeness (QED) is 0.848. The first-order valence-electron chi connectivity index (χ1n) is 7.10. The van der Waals surface area contributed by atoms with Crippen LogP contribution in [0.1, 0.15) is 41.3 Å². The fourth-order valence-corrected chi connectivity index (χ4v) is 2.75. The fraction of sp³-hybridized carbons (Fsp3) is 0.278. The summed E-state index contributed by atoms with van der Waals surface area (Å²) in [6.45, 7) is 4.25. The average Bonchev–Trinajstić information content (AvgIpc) is 2.48. The Kier molecular flexibility index (Phi) is 5.45. The van der Waals surface area contributed by atoms with Gasteiger partial charge in [0, 0.05) is 17.0 Å². The van der Waals surface area contributed by atoms with E-state index in [4.69, 9.17) is 0 Å². The van der Waals surface area contributed by atoms with Crippen molar-refractivity contribution in [1.82, 2.24) is 0 Å². The van der Waals surface area contributed by atoms with Crippen LogP contribution in [0.2, 0.25) is 0 Å². The lowest BCUT2D eigenvalue weighted by Crippen LogP contribution is -2.13. The van der Waals surface area contributed by atoms with Gasteiger partial charge in [-0.15, -0.1) is 0 Å². The number of nitrogens with one attached hydrogen (secondary N) is 1. The number of carbonyl (C=O) groups is 1. The van der Waals surface area contributed by atoms with E-state index >= 15 is 0 Å². The van der Waals surface area contributed by atoms with Gasteiger partial charge in [0.1, 0.15) is 0 Å². The molecule has 0 fully saturated rings. The minimum absolute atomic E-state index is 0.0567. The van der Waals surface area contributed by atoms with E-state index in [2.05, 4.69) is 31.5 Å². The summed E-state index contributed by atoms with van der Waals surface area (Å²) >= 11 is 1.78. The van der Waals surface area contributed by atoms with Crippen LogP contribution in [0.3, 0.4) is 0 Å². The Morgan fingerprint density at radius 1 is 1.10 bits per heavy atom. The number of rotatable bonds is 5. The van der Waals surface area contributed by atoms with Crippen molar-refractivity contribution in [2.24, 2.45) is 0 Å². The molecule has 0 atom stereocenters. The molecule has 0 saturated carbocycles. The minimum Gasteiger partial charge on any atom is -0.322 e. The molecule has 0 bridgehead atoms. The van der Waals surface area contributed by atoms with Crippen LogP contribution < -0.4 is 5.32 Å². The number of hydrogen-bond donors (Lipinski definition) is 1. The Hall–Kier alpha value is -1.74. The molecule has 0 unspecified atom stereocenters. The molecule has 0 radical (unpaired) electrons. The van der Waals surface area contributed by atoms with Crippen LogP contribution in [0, 0.1) is 0 Å². The second-order valence-corrected chi connectivity index (χ2v) is 6.19. The van der Waals surface area contributed by atoms with Crippen LogP contribution >= 0.6 is 11.8 Å². The SMILES string of the molecule is CSCc1ccc(C(=O)Nc2ccccc2C(C)C)cc1. The molecule has 1 amide bonds. The predicted octanol–water partition coefficient (Wildman–Crippen LogP) is 4.93. The minimum atomic E-state index is -0.0567. The molecule has 2 aromatic rings. The Morgan fingerprint density at radius 3 is 2.38 bits per heavy atom. The maximum Gasteiger partial charge on any atom is 0.255 e. The van der Waals surface area contributed by atoms with E-state index in [1.54, 1.807) is 11.8 Å². The van der Waals surface area contributed by atoms with Crippen LogP contribution in [-0.2, 0) is 5.75 Å². The lowest BCUT2D eigenvalue weighted by Gasteiger charge is -2.13. The number of benzene rings is 2. The Labute approximate surface area is 131 Å². The molecular formula is C18H21NOS. The number of anilines is 1. The van der Waals surface area contributed by atoms with E-state index in [1.807, 2.05) is 42.5 Å². The summed E-state index contributed by atoms with van der Waals surface area (Å²) in [6, 6.07) is 15.8. The smallest absolute Gasteiger partial charge is 0.255 e. The summed E-state index contributed by atoms with van der Waals surface area (Å²) in [7, 11) is 0. The van der Waals surface area contributed by atoms with Crippen molar-refractivity contribution in [1.29, 1.82) is 0 Å². The van der Waals surface area contributed by atoms with Gasteiger partial charge in [-0.25, -0.2) is 0 Å². The van der Waals surface area contributed by atoms with E-state index in [0.29, 0.717) is 11.5 Å². The summed E-state index contributed by atoms with van der Waals surface area (Å²) < 4.78 is 0. The molecule has 2 aromatic carbocycles. The van der Waals surface area contributed by atoms with Crippen molar-refractivity contribution >= 4 is 23.4 Å². The fourth-order valence-electron chi connectivity index (χ4n) is 2.23. The standard InChI is InChI=1S/C18H21NOS/c1-13(2)16-6-4-5-7-17(16)19-18(20)15-10-8-14(9-11-15)12-21-3/h4-11,13H,12H2,1-3H3,(H,19,20). The summed E-state index contributed by atoms with van der Waals surface area (Å²) in [4.78, 5) is 12.3. The van der Waals surface area contributed by atoms with Gasteiger partial charge in [-0.2, -0.15) is 11.8 Å². The number of hydrogen-bond acceptors (Lipinski definition) is 2. The third-order valence-electron chi connectivity index (χ3n) is 3.36. The summed E-state index contributed by atoms with van der Waals surface area (Å²) in [5.41, 5.74) is 3.98. The molecule has 0 aliphatic heterocycles. The molecule has 1 N–H and O–H groups in total. The second-order valence-electron chi connectivity index (χ2n) is 5.33. The molecule has 21 heavy (non-hydrogen) atoms. The summed E-state index contributed by atoms with van der Waals surface area (Å²) in [6.07, 6.45) is 2.07. The van der Waals surface area contributed by atoms with Crippen molar-refractivity contribution in [2.45, 2.75) is 25.5 Å².